The van der Waals surface area contributed by atoms with E-state index in [1.165, 1.54) is 82.4 Å². The van der Waals surface area contributed by atoms with Crippen molar-refractivity contribution in [2.45, 2.75) is 33.1 Å². The molecule has 0 atom stereocenters. The number of hydrogen-bond acceptors (Lipinski definition) is 2. The molecule has 246 valence electrons. The average Bonchev–Trinajstić information content (AvgIpc) is 3.17. The van der Waals surface area contributed by atoms with Crippen LogP contribution in [0, 0.1) is 0 Å². The molecule has 2 heteroatoms. The van der Waals surface area contributed by atoms with Crippen molar-refractivity contribution in [3.05, 3.63) is 169 Å². The third kappa shape index (κ3) is 5.93. The van der Waals surface area contributed by atoms with Gasteiger partial charge in [0.05, 0.1) is 5.70 Å². The molecule has 0 spiro atoms. The van der Waals surface area contributed by atoms with Crippen LogP contribution in [0.4, 0.5) is 0 Å². The molecule has 1 aromatic heterocycles. The Morgan fingerprint density at radius 1 is 0.569 bits per heavy atom. The summed E-state index contributed by atoms with van der Waals surface area (Å²) in [5.74, 6) is 0. The van der Waals surface area contributed by atoms with E-state index in [2.05, 4.69) is 153 Å². The van der Waals surface area contributed by atoms with Crippen LogP contribution in [0.15, 0.2) is 163 Å². The molecule has 0 radical (unpaired) electrons. The SMILES string of the molecule is C=N/C(=C\C=C/C)c1ccc(-c2cc(-c3ccc(-c4ccc(-c5ccncc5)cc4)cc3)c3ccc4cc(C(C)(C)C)cc5ccc2c3c54)cc1. The first-order valence-corrected chi connectivity index (χ1v) is 17.6. The Labute approximate surface area is 300 Å². The molecule has 0 N–H and O–H groups in total. The standard InChI is InChI=1S/C49H40N2/c1-6-7-8-46(50-5)38-19-17-37(18-20-38)45-31-44(36-15-13-33(14-16-36)32-9-11-34(12-10-32)35-25-27-51-28-26-35)42-23-21-39-29-41(49(2,3)4)30-40-22-24-43(45)48(42)47(39)40/h6-31H,5H2,1-4H3/b7-6-,46-8-. The Bertz CT molecular complexity index is 2560. The molecule has 0 aliphatic heterocycles. The van der Waals surface area contributed by atoms with E-state index >= 15 is 0 Å². The van der Waals surface area contributed by atoms with Gasteiger partial charge in [-0.3, -0.25) is 9.98 Å². The van der Waals surface area contributed by atoms with Crippen LogP contribution in [-0.2, 0) is 5.41 Å². The highest BCUT2D eigenvalue weighted by Gasteiger charge is 2.20. The lowest BCUT2D eigenvalue weighted by molar-refractivity contribution is 0.591. The summed E-state index contributed by atoms with van der Waals surface area (Å²) in [4.78, 5) is 8.45. The summed E-state index contributed by atoms with van der Waals surface area (Å²) >= 11 is 0. The topological polar surface area (TPSA) is 25.2 Å². The number of pyridine rings is 1. The molecule has 51 heavy (non-hydrogen) atoms. The lowest BCUT2D eigenvalue weighted by Crippen LogP contribution is -2.10. The van der Waals surface area contributed by atoms with Crippen LogP contribution in [0.5, 0.6) is 0 Å². The maximum Gasteiger partial charge on any atom is 0.0694 e. The molecule has 0 aliphatic carbocycles. The zero-order valence-corrected chi connectivity index (χ0v) is 29.6. The van der Waals surface area contributed by atoms with E-state index in [9.17, 15) is 0 Å². The van der Waals surface area contributed by atoms with Gasteiger partial charge < -0.3 is 0 Å². The lowest BCUT2D eigenvalue weighted by Gasteiger charge is -2.23. The molecule has 0 amide bonds. The van der Waals surface area contributed by atoms with Crippen LogP contribution in [-0.4, -0.2) is 11.7 Å². The van der Waals surface area contributed by atoms with Gasteiger partial charge in [0.1, 0.15) is 0 Å². The van der Waals surface area contributed by atoms with Crippen molar-refractivity contribution >= 4 is 44.7 Å². The molecular weight excluding hydrogens is 617 g/mol. The Balaban J connectivity index is 1.28. The number of allylic oxidation sites excluding steroid dienone is 3. The van der Waals surface area contributed by atoms with Gasteiger partial charge in [-0.25, -0.2) is 0 Å². The number of aromatic nitrogens is 1. The summed E-state index contributed by atoms with van der Waals surface area (Å²) < 4.78 is 0. The minimum Gasteiger partial charge on any atom is -0.265 e. The fourth-order valence-corrected chi connectivity index (χ4v) is 7.32. The van der Waals surface area contributed by atoms with Crippen LogP contribution in [0.2, 0.25) is 0 Å². The van der Waals surface area contributed by atoms with Gasteiger partial charge in [-0.15, -0.1) is 0 Å². The molecule has 0 saturated carbocycles. The molecule has 2 nitrogen and oxygen atoms in total. The first kappa shape index (κ1) is 32.1. The van der Waals surface area contributed by atoms with Crippen LogP contribution in [0.25, 0.3) is 82.5 Å². The zero-order valence-electron chi connectivity index (χ0n) is 29.6. The second-order valence-corrected chi connectivity index (χ2v) is 14.3. The predicted octanol–water partition coefficient (Wildman–Crippen LogP) is 13.6. The van der Waals surface area contributed by atoms with Crippen molar-refractivity contribution in [2.75, 3.05) is 0 Å². The van der Waals surface area contributed by atoms with Crippen LogP contribution in [0.1, 0.15) is 38.8 Å². The highest BCUT2D eigenvalue weighted by Crippen LogP contribution is 2.45. The number of rotatable bonds is 7. The van der Waals surface area contributed by atoms with Gasteiger partial charge in [0, 0.05) is 18.0 Å². The maximum atomic E-state index is 4.29. The van der Waals surface area contributed by atoms with Crippen molar-refractivity contribution in [3.8, 4) is 44.5 Å². The van der Waals surface area contributed by atoms with E-state index in [4.69, 9.17) is 0 Å². The summed E-state index contributed by atoms with van der Waals surface area (Å²) in [7, 11) is 0. The van der Waals surface area contributed by atoms with E-state index in [-0.39, 0.29) is 5.41 Å². The minimum absolute atomic E-state index is 0.0596. The van der Waals surface area contributed by atoms with Crippen LogP contribution in [0.3, 0.4) is 0 Å². The van der Waals surface area contributed by atoms with Crippen LogP contribution < -0.4 is 0 Å². The van der Waals surface area contributed by atoms with Gasteiger partial charge in [0.25, 0.3) is 0 Å². The summed E-state index contributed by atoms with van der Waals surface area (Å²) in [5, 5.41) is 7.76. The fourth-order valence-electron chi connectivity index (χ4n) is 7.32. The third-order valence-corrected chi connectivity index (χ3v) is 10.1. The van der Waals surface area contributed by atoms with E-state index in [1.807, 2.05) is 49.7 Å². The van der Waals surface area contributed by atoms with Gasteiger partial charge in [-0.2, -0.15) is 0 Å². The average molecular weight is 657 g/mol. The maximum absolute atomic E-state index is 4.29. The molecule has 8 aromatic rings. The summed E-state index contributed by atoms with van der Waals surface area (Å²) in [5.41, 5.74) is 12.9. The minimum atomic E-state index is 0.0596. The lowest BCUT2D eigenvalue weighted by atomic mass is 9.81. The zero-order chi connectivity index (χ0) is 35.1. The predicted molar refractivity (Wildman–Crippen MR) is 221 cm³/mol. The van der Waals surface area contributed by atoms with E-state index in [0.29, 0.717) is 0 Å². The molecule has 7 aromatic carbocycles. The summed E-state index contributed by atoms with van der Waals surface area (Å²) in [6, 6.07) is 47.1. The first-order valence-electron chi connectivity index (χ1n) is 17.6. The van der Waals surface area contributed by atoms with Crippen molar-refractivity contribution in [2.24, 2.45) is 4.99 Å². The highest BCUT2D eigenvalue weighted by molar-refractivity contribution is 6.28. The number of nitrogens with zero attached hydrogens (tertiary/aromatic N) is 2. The monoisotopic (exact) mass is 656 g/mol. The van der Waals surface area contributed by atoms with Crippen molar-refractivity contribution in [1.29, 1.82) is 0 Å². The van der Waals surface area contributed by atoms with Gasteiger partial charge in [0.15, 0.2) is 0 Å². The van der Waals surface area contributed by atoms with Gasteiger partial charge in [-0.05, 0) is 126 Å². The van der Waals surface area contributed by atoms with Gasteiger partial charge in [-0.1, -0.05) is 142 Å². The molecule has 1 heterocycles. The highest BCUT2D eigenvalue weighted by atomic mass is 14.7. The summed E-state index contributed by atoms with van der Waals surface area (Å²) in [6.45, 7) is 12.7. The smallest absolute Gasteiger partial charge is 0.0694 e. The molecule has 0 saturated heterocycles. The normalized spacial score (nSPS) is 12.4. The molecule has 8 rings (SSSR count). The molecule has 0 unspecified atom stereocenters. The number of benzene rings is 7. The fraction of sp³-hybridized carbons (Fsp3) is 0.102. The Hall–Kier alpha value is -6.12. The second-order valence-electron chi connectivity index (χ2n) is 14.3. The number of hydrogen-bond donors (Lipinski definition) is 0. The second kappa shape index (κ2) is 13.0. The van der Waals surface area contributed by atoms with Crippen molar-refractivity contribution in [3.63, 3.8) is 0 Å². The molecule has 0 bridgehead atoms. The molecular formula is C49H40N2. The van der Waals surface area contributed by atoms with Gasteiger partial charge in [0.2, 0.25) is 0 Å². The Morgan fingerprint density at radius 3 is 1.51 bits per heavy atom. The van der Waals surface area contributed by atoms with Crippen LogP contribution >= 0.6 is 0 Å². The largest absolute Gasteiger partial charge is 0.265 e. The Kier molecular flexibility index (Phi) is 8.16. The van der Waals surface area contributed by atoms with E-state index < -0.39 is 0 Å². The quantitative estimate of drug-likeness (QED) is 0.0952. The first-order chi connectivity index (χ1) is 24.8. The Morgan fingerprint density at radius 2 is 1.04 bits per heavy atom. The van der Waals surface area contributed by atoms with Crippen molar-refractivity contribution < 1.29 is 0 Å². The van der Waals surface area contributed by atoms with Gasteiger partial charge >= 0.3 is 0 Å². The third-order valence-electron chi connectivity index (χ3n) is 10.1. The molecule has 0 aliphatic rings. The molecule has 0 fully saturated rings. The van der Waals surface area contributed by atoms with E-state index in [1.54, 1.807) is 0 Å². The number of aliphatic imine (C=N–C) groups is 1. The van der Waals surface area contributed by atoms with Crippen molar-refractivity contribution in [1.82, 2.24) is 4.98 Å². The summed E-state index contributed by atoms with van der Waals surface area (Å²) in [6.07, 6.45) is 9.68. The van der Waals surface area contributed by atoms with E-state index in [0.717, 1.165) is 11.3 Å².